The lowest BCUT2D eigenvalue weighted by atomic mass is 10.1. The van der Waals surface area contributed by atoms with Crippen LogP contribution in [0, 0.1) is 19.8 Å². The van der Waals surface area contributed by atoms with Crippen molar-refractivity contribution in [3.63, 3.8) is 0 Å². The van der Waals surface area contributed by atoms with Crippen LogP contribution in [0.25, 0.3) is 10.2 Å². The van der Waals surface area contributed by atoms with E-state index in [-0.39, 0.29) is 5.56 Å². The standard InChI is InChI=1S/C15H23N3OS/c1-9(2)6-5-7-16-8-12-17-14(19)13-10(3)11(4)20-15(13)18-12/h9,16H,5-8H2,1-4H3,(H,17,18,19). The number of nitrogens with one attached hydrogen (secondary N) is 2. The molecule has 2 aromatic heterocycles. The van der Waals surface area contributed by atoms with Crippen molar-refractivity contribution in [2.75, 3.05) is 6.54 Å². The first kappa shape index (κ1) is 15.2. The van der Waals surface area contributed by atoms with Gasteiger partial charge in [0.25, 0.3) is 5.56 Å². The number of hydrogen-bond acceptors (Lipinski definition) is 4. The largest absolute Gasteiger partial charge is 0.310 e. The van der Waals surface area contributed by atoms with Crippen LogP contribution in [0.1, 0.15) is 43.0 Å². The molecular weight excluding hydrogens is 270 g/mol. The van der Waals surface area contributed by atoms with E-state index in [4.69, 9.17) is 0 Å². The fourth-order valence-corrected chi connectivity index (χ4v) is 3.27. The number of nitrogens with zero attached hydrogens (tertiary/aromatic N) is 1. The van der Waals surface area contributed by atoms with Gasteiger partial charge in [0.1, 0.15) is 10.7 Å². The van der Waals surface area contributed by atoms with Gasteiger partial charge >= 0.3 is 0 Å². The molecule has 0 fully saturated rings. The maximum Gasteiger partial charge on any atom is 0.259 e. The van der Waals surface area contributed by atoms with Gasteiger partial charge in [0.2, 0.25) is 0 Å². The first-order valence-corrected chi connectivity index (χ1v) is 8.00. The van der Waals surface area contributed by atoms with Crippen LogP contribution in [0.2, 0.25) is 0 Å². The highest BCUT2D eigenvalue weighted by molar-refractivity contribution is 7.18. The minimum absolute atomic E-state index is 0.0177. The van der Waals surface area contributed by atoms with E-state index in [1.165, 1.54) is 11.3 Å². The second-order valence-electron chi connectivity index (χ2n) is 5.69. The maximum absolute atomic E-state index is 12.1. The van der Waals surface area contributed by atoms with Gasteiger partial charge in [-0.15, -0.1) is 11.3 Å². The summed E-state index contributed by atoms with van der Waals surface area (Å²) < 4.78 is 0. The molecule has 2 rings (SSSR count). The zero-order valence-electron chi connectivity index (χ0n) is 12.7. The third-order valence-electron chi connectivity index (χ3n) is 3.52. The Labute approximate surface area is 123 Å². The molecule has 20 heavy (non-hydrogen) atoms. The van der Waals surface area contributed by atoms with Crippen molar-refractivity contribution in [2.45, 2.75) is 47.1 Å². The van der Waals surface area contributed by atoms with E-state index >= 15 is 0 Å². The lowest BCUT2D eigenvalue weighted by Crippen LogP contribution is -2.20. The average molecular weight is 293 g/mol. The number of aromatic nitrogens is 2. The second-order valence-corrected chi connectivity index (χ2v) is 6.89. The van der Waals surface area contributed by atoms with E-state index in [2.05, 4.69) is 29.1 Å². The number of aromatic amines is 1. The first-order valence-electron chi connectivity index (χ1n) is 7.18. The number of H-pyrrole nitrogens is 1. The van der Waals surface area contributed by atoms with Gasteiger partial charge in [-0.1, -0.05) is 13.8 Å². The van der Waals surface area contributed by atoms with Gasteiger partial charge in [-0.25, -0.2) is 4.98 Å². The number of thiophene rings is 1. The van der Waals surface area contributed by atoms with E-state index in [0.29, 0.717) is 6.54 Å². The Kier molecular flexibility index (Phi) is 4.94. The Morgan fingerprint density at radius 3 is 2.80 bits per heavy atom. The number of hydrogen-bond donors (Lipinski definition) is 2. The van der Waals surface area contributed by atoms with Gasteiger partial charge in [-0.3, -0.25) is 4.79 Å². The monoisotopic (exact) mass is 293 g/mol. The zero-order valence-corrected chi connectivity index (χ0v) is 13.5. The van der Waals surface area contributed by atoms with Crippen LogP contribution >= 0.6 is 11.3 Å². The van der Waals surface area contributed by atoms with E-state index in [1.54, 1.807) is 11.3 Å². The lowest BCUT2D eigenvalue weighted by molar-refractivity contribution is 0.524. The Bertz CT molecular complexity index is 642. The summed E-state index contributed by atoms with van der Waals surface area (Å²) in [5.74, 6) is 1.47. The van der Waals surface area contributed by atoms with E-state index in [9.17, 15) is 4.79 Å². The molecule has 2 heterocycles. The molecule has 0 aliphatic rings. The van der Waals surface area contributed by atoms with Crippen molar-refractivity contribution in [3.05, 3.63) is 26.6 Å². The third kappa shape index (κ3) is 3.46. The van der Waals surface area contributed by atoms with Crippen molar-refractivity contribution in [3.8, 4) is 0 Å². The SMILES string of the molecule is Cc1sc2nc(CNCCCC(C)C)[nH]c(=O)c2c1C. The molecule has 0 saturated carbocycles. The molecule has 0 unspecified atom stereocenters. The highest BCUT2D eigenvalue weighted by Gasteiger charge is 2.11. The predicted octanol–water partition coefficient (Wildman–Crippen LogP) is 3.13. The number of fused-ring (bicyclic) bond motifs is 1. The fourth-order valence-electron chi connectivity index (χ4n) is 2.23. The Balaban J connectivity index is 2.03. The van der Waals surface area contributed by atoms with Crippen LogP contribution in [-0.4, -0.2) is 16.5 Å². The highest BCUT2D eigenvalue weighted by atomic mass is 32.1. The summed E-state index contributed by atoms with van der Waals surface area (Å²) in [6.45, 7) is 10.1. The Morgan fingerprint density at radius 2 is 2.10 bits per heavy atom. The molecule has 5 heteroatoms. The van der Waals surface area contributed by atoms with E-state index < -0.39 is 0 Å². The Hall–Kier alpha value is -1.20. The van der Waals surface area contributed by atoms with Gasteiger partial charge < -0.3 is 10.3 Å². The second kappa shape index (κ2) is 6.50. The molecule has 0 spiro atoms. The van der Waals surface area contributed by atoms with Crippen LogP contribution in [0.4, 0.5) is 0 Å². The van der Waals surface area contributed by atoms with Gasteiger partial charge in [0, 0.05) is 4.88 Å². The van der Waals surface area contributed by atoms with Crippen molar-refractivity contribution in [1.29, 1.82) is 0 Å². The van der Waals surface area contributed by atoms with E-state index in [1.807, 2.05) is 13.8 Å². The zero-order chi connectivity index (χ0) is 14.7. The maximum atomic E-state index is 12.1. The molecule has 2 aromatic rings. The molecule has 0 radical (unpaired) electrons. The average Bonchev–Trinajstić information content (AvgIpc) is 2.64. The predicted molar refractivity (Wildman–Crippen MR) is 85.5 cm³/mol. The number of aryl methyl sites for hydroxylation is 2. The topological polar surface area (TPSA) is 57.8 Å². The van der Waals surface area contributed by atoms with Crippen LogP contribution in [-0.2, 0) is 6.54 Å². The van der Waals surface area contributed by atoms with Crippen LogP contribution in [0.5, 0.6) is 0 Å². The summed E-state index contributed by atoms with van der Waals surface area (Å²) in [7, 11) is 0. The summed E-state index contributed by atoms with van der Waals surface area (Å²) in [4.78, 5) is 21.5. The first-order chi connectivity index (χ1) is 9.49. The van der Waals surface area contributed by atoms with Gasteiger partial charge in [0.15, 0.2) is 0 Å². The molecule has 0 aromatic carbocycles. The smallest absolute Gasteiger partial charge is 0.259 e. The van der Waals surface area contributed by atoms with Crippen molar-refractivity contribution in [1.82, 2.24) is 15.3 Å². The Morgan fingerprint density at radius 1 is 1.35 bits per heavy atom. The molecule has 0 bridgehead atoms. The minimum atomic E-state index is -0.0177. The normalized spacial score (nSPS) is 11.7. The van der Waals surface area contributed by atoms with Crippen LogP contribution in [0.15, 0.2) is 4.79 Å². The third-order valence-corrected chi connectivity index (χ3v) is 4.62. The highest BCUT2D eigenvalue weighted by Crippen LogP contribution is 2.25. The van der Waals surface area contributed by atoms with Gasteiger partial charge in [0.05, 0.1) is 11.9 Å². The summed E-state index contributed by atoms with van der Waals surface area (Å²) >= 11 is 1.60. The van der Waals surface area contributed by atoms with Crippen LogP contribution in [0.3, 0.4) is 0 Å². The van der Waals surface area contributed by atoms with Gasteiger partial charge in [-0.05, 0) is 44.7 Å². The van der Waals surface area contributed by atoms with Crippen molar-refractivity contribution in [2.24, 2.45) is 5.92 Å². The molecule has 4 nitrogen and oxygen atoms in total. The molecular formula is C15H23N3OS. The summed E-state index contributed by atoms with van der Waals surface area (Å²) in [5.41, 5.74) is 1.03. The summed E-state index contributed by atoms with van der Waals surface area (Å²) in [5, 5.41) is 4.09. The van der Waals surface area contributed by atoms with Crippen molar-refractivity contribution < 1.29 is 0 Å². The van der Waals surface area contributed by atoms with E-state index in [0.717, 1.165) is 40.5 Å². The summed E-state index contributed by atoms with van der Waals surface area (Å²) in [6, 6.07) is 0. The van der Waals surface area contributed by atoms with Crippen LogP contribution < -0.4 is 10.9 Å². The molecule has 0 saturated heterocycles. The molecule has 0 atom stereocenters. The molecule has 0 aliphatic carbocycles. The molecule has 110 valence electrons. The van der Waals surface area contributed by atoms with Crippen molar-refractivity contribution >= 4 is 21.6 Å². The van der Waals surface area contributed by atoms with Gasteiger partial charge in [-0.2, -0.15) is 0 Å². The summed E-state index contributed by atoms with van der Waals surface area (Å²) in [6.07, 6.45) is 2.38. The molecule has 2 N–H and O–H groups in total. The minimum Gasteiger partial charge on any atom is -0.310 e. The molecule has 0 aliphatic heterocycles. The fraction of sp³-hybridized carbons (Fsp3) is 0.600. The quantitative estimate of drug-likeness (QED) is 0.805. The molecule has 0 amide bonds. The lowest BCUT2D eigenvalue weighted by Gasteiger charge is -2.06. The number of rotatable bonds is 6.